The van der Waals surface area contributed by atoms with Crippen LogP contribution in [0.1, 0.15) is 5.56 Å². The highest BCUT2D eigenvalue weighted by atomic mass is 32.2. The number of benzene rings is 2. The van der Waals surface area contributed by atoms with E-state index in [-0.39, 0.29) is 18.1 Å². The Morgan fingerprint density at radius 2 is 2.00 bits per heavy atom. The minimum absolute atomic E-state index is 0.110. The van der Waals surface area contributed by atoms with Gasteiger partial charge in [0.25, 0.3) is 10.1 Å². The molecular weight excluding hydrogens is 342 g/mol. The van der Waals surface area contributed by atoms with Crippen LogP contribution in [0.15, 0.2) is 46.3 Å². The Bertz CT molecular complexity index is 1030. The number of fused-ring (bicyclic) bond motifs is 2. The van der Waals surface area contributed by atoms with Crippen LogP contribution in [0.2, 0.25) is 0 Å². The molecule has 25 heavy (non-hydrogen) atoms. The minimum Gasteiger partial charge on any atom is -0.486 e. The van der Waals surface area contributed by atoms with Gasteiger partial charge in [0.1, 0.15) is 13.2 Å². The summed E-state index contributed by atoms with van der Waals surface area (Å²) < 4.78 is 41.1. The van der Waals surface area contributed by atoms with Crippen LogP contribution in [-0.2, 0) is 14.3 Å². The summed E-state index contributed by atoms with van der Waals surface area (Å²) in [5.74, 6) is 1.20. The fourth-order valence-corrected chi connectivity index (χ4v) is 3.67. The van der Waals surface area contributed by atoms with Crippen molar-refractivity contribution in [2.75, 3.05) is 19.8 Å². The van der Waals surface area contributed by atoms with E-state index in [9.17, 15) is 8.42 Å². The molecule has 6 nitrogen and oxygen atoms in total. The molecule has 2 aromatic carbocycles. The van der Waals surface area contributed by atoms with Gasteiger partial charge in [-0.15, -0.1) is 0 Å². The molecule has 4 rings (SSSR count). The quantitative estimate of drug-likeness (QED) is 0.760. The van der Waals surface area contributed by atoms with Crippen molar-refractivity contribution in [3.05, 3.63) is 52.5 Å². The van der Waals surface area contributed by atoms with Crippen molar-refractivity contribution in [2.24, 2.45) is 4.99 Å². The van der Waals surface area contributed by atoms with Gasteiger partial charge in [-0.05, 0) is 25.1 Å². The molecule has 0 amide bonds. The van der Waals surface area contributed by atoms with E-state index in [1.807, 2.05) is 25.1 Å². The lowest BCUT2D eigenvalue weighted by Gasteiger charge is -2.26. The smallest absolute Gasteiger partial charge is 0.297 e. The molecule has 0 saturated heterocycles. The van der Waals surface area contributed by atoms with Gasteiger partial charge < -0.3 is 9.47 Å². The van der Waals surface area contributed by atoms with E-state index >= 15 is 0 Å². The van der Waals surface area contributed by atoms with E-state index in [1.54, 1.807) is 12.1 Å². The second-order valence-corrected chi connectivity index (χ2v) is 7.62. The monoisotopic (exact) mass is 359 g/mol. The predicted octanol–water partition coefficient (Wildman–Crippen LogP) is 0.954. The van der Waals surface area contributed by atoms with Crippen molar-refractivity contribution in [1.82, 2.24) is 0 Å². The Balaban J connectivity index is 1.46. The molecule has 0 aromatic heterocycles. The third kappa shape index (κ3) is 3.25. The lowest BCUT2D eigenvalue weighted by atomic mass is 10.2. The van der Waals surface area contributed by atoms with Crippen molar-refractivity contribution in [3.63, 3.8) is 0 Å². The van der Waals surface area contributed by atoms with Crippen LogP contribution in [0.5, 0.6) is 11.5 Å². The van der Waals surface area contributed by atoms with Gasteiger partial charge in [-0.25, -0.2) is 0 Å². The highest BCUT2D eigenvalue weighted by molar-refractivity contribution is 7.86. The Labute approximate surface area is 145 Å². The second kappa shape index (κ2) is 6.16. The zero-order valence-corrected chi connectivity index (χ0v) is 14.5. The number of hydrogen-bond acceptors (Lipinski definition) is 6. The van der Waals surface area contributed by atoms with Crippen molar-refractivity contribution in [2.45, 2.75) is 17.9 Å². The number of rotatable bonds is 4. The first-order chi connectivity index (χ1) is 12.0. The van der Waals surface area contributed by atoms with Gasteiger partial charge in [-0.3, -0.25) is 9.18 Å². The molecule has 1 atom stereocenters. The van der Waals surface area contributed by atoms with Gasteiger partial charge in [0, 0.05) is 11.3 Å². The molecule has 130 valence electrons. The molecule has 0 saturated carbocycles. The van der Waals surface area contributed by atoms with Gasteiger partial charge in [0.05, 0.1) is 16.8 Å². The number of hydrogen-bond donors (Lipinski definition) is 0. The number of ether oxygens (including phenoxy) is 2. The van der Waals surface area contributed by atoms with Crippen molar-refractivity contribution >= 4 is 16.2 Å². The Kier molecular flexibility index (Phi) is 3.97. The molecule has 2 heterocycles. The third-order valence-corrected chi connectivity index (χ3v) is 5.40. The van der Waals surface area contributed by atoms with Gasteiger partial charge in [0.15, 0.2) is 17.6 Å². The Hall–Kier alpha value is -2.38. The average molecular weight is 359 g/mol. The van der Waals surface area contributed by atoms with Gasteiger partial charge in [0.2, 0.25) is 0 Å². The first-order valence-electron chi connectivity index (χ1n) is 7.95. The van der Waals surface area contributed by atoms with E-state index in [2.05, 4.69) is 4.99 Å². The van der Waals surface area contributed by atoms with E-state index < -0.39 is 16.2 Å². The molecule has 0 spiro atoms. The number of aryl methyl sites for hydroxylation is 1. The molecule has 2 aliphatic heterocycles. The first-order valence-corrected chi connectivity index (χ1v) is 9.36. The van der Waals surface area contributed by atoms with Crippen LogP contribution in [0, 0.1) is 6.92 Å². The fraction of sp³-hybridized carbons (Fsp3) is 0.278. The first kappa shape index (κ1) is 16.1. The van der Waals surface area contributed by atoms with Crippen molar-refractivity contribution in [3.8, 4) is 11.5 Å². The lowest BCUT2D eigenvalue weighted by molar-refractivity contribution is 0.0553. The summed E-state index contributed by atoms with van der Waals surface area (Å²) in [6.45, 7) is 2.66. The highest BCUT2D eigenvalue weighted by Crippen LogP contribution is 2.29. The summed E-state index contributed by atoms with van der Waals surface area (Å²) >= 11 is 0. The van der Waals surface area contributed by atoms with Gasteiger partial charge in [-0.1, -0.05) is 23.8 Å². The summed E-state index contributed by atoms with van der Waals surface area (Å²) in [6.07, 6.45) is 1.50. The molecule has 0 radical (unpaired) electrons. The van der Waals surface area contributed by atoms with E-state index in [1.165, 1.54) is 12.1 Å². The standard InChI is InChI=1S/C18H17NO5S/c1-12-2-4-15(5-3-12)25(20,21)23-11-14-10-22-17-9-16-13(6-7-19-16)8-18(17)24-14/h2-6,8-9,14H,7,10-11H2,1H3. The van der Waals surface area contributed by atoms with E-state index in [0.717, 1.165) is 16.1 Å². The summed E-state index contributed by atoms with van der Waals surface area (Å²) in [7, 11) is -3.82. The van der Waals surface area contributed by atoms with Crippen LogP contribution in [0.25, 0.3) is 6.08 Å². The molecule has 1 unspecified atom stereocenters. The Morgan fingerprint density at radius 1 is 1.20 bits per heavy atom. The maximum Gasteiger partial charge on any atom is 0.297 e. The molecule has 2 aromatic rings. The van der Waals surface area contributed by atoms with E-state index in [0.29, 0.717) is 18.0 Å². The predicted molar refractivity (Wildman–Crippen MR) is 90.8 cm³/mol. The molecule has 0 fully saturated rings. The zero-order chi connectivity index (χ0) is 17.4. The highest BCUT2D eigenvalue weighted by Gasteiger charge is 2.25. The summed E-state index contributed by atoms with van der Waals surface area (Å²) in [6, 6.07) is 10.2. The van der Waals surface area contributed by atoms with Gasteiger partial charge in [-0.2, -0.15) is 8.42 Å². The van der Waals surface area contributed by atoms with Crippen LogP contribution in [-0.4, -0.2) is 34.3 Å². The van der Waals surface area contributed by atoms with Crippen LogP contribution in [0.4, 0.5) is 0 Å². The minimum atomic E-state index is -3.82. The number of nitrogens with zero attached hydrogens (tertiary/aromatic N) is 1. The Morgan fingerprint density at radius 3 is 2.80 bits per heavy atom. The maximum absolute atomic E-state index is 12.2. The van der Waals surface area contributed by atoms with Crippen LogP contribution >= 0.6 is 0 Å². The second-order valence-electron chi connectivity index (χ2n) is 6.01. The van der Waals surface area contributed by atoms with Crippen LogP contribution < -0.4 is 20.0 Å². The molecular formula is C18H17NO5S. The summed E-state index contributed by atoms with van der Waals surface area (Å²) in [5, 5.41) is 1.88. The normalized spacial score (nSPS) is 18.2. The average Bonchev–Trinajstić information content (AvgIpc) is 3.05. The summed E-state index contributed by atoms with van der Waals surface area (Å²) in [4.78, 5) is 4.47. The largest absolute Gasteiger partial charge is 0.486 e. The third-order valence-electron chi connectivity index (χ3n) is 4.10. The molecule has 2 aliphatic rings. The molecule has 0 aliphatic carbocycles. The molecule has 0 bridgehead atoms. The SMILES string of the molecule is Cc1ccc(S(=O)(=O)OCC2COc3cc4c(cc3O2)=CCN=4)cc1. The van der Waals surface area contributed by atoms with Crippen molar-refractivity contribution in [1.29, 1.82) is 0 Å². The van der Waals surface area contributed by atoms with Crippen LogP contribution in [0.3, 0.4) is 0 Å². The summed E-state index contributed by atoms with van der Waals surface area (Å²) in [5.41, 5.74) is 0.982. The fourth-order valence-electron chi connectivity index (χ4n) is 2.73. The molecule has 7 heteroatoms. The van der Waals surface area contributed by atoms with E-state index in [4.69, 9.17) is 13.7 Å². The molecule has 0 N–H and O–H groups in total. The zero-order valence-electron chi connectivity index (χ0n) is 13.6. The maximum atomic E-state index is 12.2. The lowest BCUT2D eigenvalue weighted by Crippen LogP contribution is -2.36. The topological polar surface area (TPSA) is 74.2 Å². The van der Waals surface area contributed by atoms with Crippen molar-refractivity contribution < 1.29 is 22.1 Å². The van der Waals surface area contributed by atoms with Gasteiger partial charge >= 0.3 is 0 Å².